The topological polar surface area (TPSA) is 71.4 Å². The zero-order valence-corrected chi connectivity index (χ0v) is 14.6. The van der Waals surface area contributed by atoms with Crippen molar-refractivity contribution in [1.29, 1.82) is 0 Å². The Kier molecular flexibility index (Phi) is 4.61. The molecule has 1 aromatic carbocycles. The Hall–Kier alpha value is -2.82. The molecule has 0 aliphatic carbocycles. The van der Waals surface area contributed by atoms with Crippen molar-refractivity contribution in [2.24, 2.45) is 10.9 Å². The summed E-state index contributed by atoms with van der Waals surface area (Å²) in [6.07, 6.45) is 6.52. The van der Waals surface area contributed by atoms with Crippen LogP contribution in [0.5, 0.6) is 0 Å². The maximum Gasteiger partial charge on any atom is 0.223 e. The summed E-state index contributed by atoms with van der Waals surface area (Å²) in [4.78, 5) is 33.6. The van der Waals surface area contributed by atoms with Gasteiger partial charge in [0, 0.05) is 48.0 Å². The molecule has 1 amide bonds. The zero-order valence-electron chi connectivity index (χ0n) is 14.6. The summed E-state index contributed by atoms with van der Waals surface area (Å²) < 4.78 is 0. The fourth-order valence-electron chi connectivity index (χ4n) is 3.65. The number of nitrogens with zero attached hydrogens (tertiary/aromatic N) is 2. The number of carbonyl (C=O) groups excluding carboxylic acids is 2. The summed E-state index contributed by atoms with van der Waals surface area (Å²) in [6, 6.07) is 9.63. The second kappa shape index (κ2) is 7.20. The van der Waals surface area contributed by atoms with Gasteiger partial charge in [-0.25, -0.2) is 0 Å². The lowest BCUT2D eigenvalue weighted by molar-refractivity contribution is -0.124. The molecule has 5 heteroatoms. The van der Waals surface area contributed by atoms with Crippen molar-refractivity contribution in [2.45, 2.75) is 32.2 Å². The standard InChI is InChI=1S/C21H21N3O2/c25-19(12-16-3-1-2-8-23-21(16)26)15-4-5-17-13-24-20(18(17)11-15)14-6-9-22-10-7-14/h4-7,9-11,16H,1-3,8,12-13H2,(H,23,26). The van der Waals surface area contributed by atoms with Gasteiger partial charge in [0.15, 0.2) is 5.78 Å². The Morgan fingerprint density at radius 2 is 2.00 bits per heavy atom. The van der Waals surface area contributed by atoms with Crippen LogP contribution in [0.4, 0.5) is 0 Å². The minimum Gasteiger partial charge on any atom is -0.356 e. The van der Waals surface area contributed by atoms with Crippen LogP contribution in [-0.4, -0.2) is 28.9 Å². The van der Waals surface area contributed by atoms with Crippen molar-refractivity contribution in [3.8, 4) is 0 Å². The maximum atomic E-state index is 12.8. The molecule has 132 valence electrons. The van der Waals surface area contributed by atoms with Gasteiger partial charge >= 0.3 is 0 Å². The molecule has 1 aromatic heterocycles. The molecule has 26 heavy (non-hydrogen) atoms. The highest BCUT2D eigenvalue weighted by Crippen LogP contribution is 2.26. The highest BCUT2D eigenvalue weighted by Gasteiger charge is 2.25. The van der Waals surface area contributed by atoms with E-state index in [-0.39, 0.29) is 24.0 Å². The fraction of sp³-hybridized carbons (Fsp3) is 0.333. The number of hydrogen-bond acceptors (Lipinski definition) is 4. The van der Waals surface area contributed by atoms with Crippen LogP contribution in [0.15, 0.2) is 47.7 Å². The molecule has 1 saturated heterocycles. The number of rotatable bonds is 4. The van der Waals surface area contributed by atoms with E-state index in [0.29, 0.717) is 18.7 Å². The number of carbonyl (C=O) groups is 2. The number of aromatic nitrogens is 1. The van der Waals surface area contributed by atoms with Crippen molar-refractivity contribution < 1.29 is 9.59 Å². The molecule has 1 unspecified atom stereocenters. The summed E-state index contributed by atoms with van der Waals surface area (Å²) >= 11 is 0. The lowest BCUT2D eigenvalue weighted by Gasteiger charge is -2.13. The number of ketones is 1. The molecule has 0 spiro atoms. The summed E-state index contributed by atoms with van der Waals surface area (Å²) in [7, 11) is 0. The number of hydrogen-bond donors (Lipinski definition) is 1. The Bertz CT molecular complexity index is 874. The van der Waals surface area contributed by atoms with Gasteiger partial charge in [-0.2, -0.15) is 0 Å². The van der Waals surface area contributed by atoms with Crippen molar-refractivity contribution in [3.63, 3.8) is 0 Å². The van der Waals surface area contributed by atoms with Crippen LogP contribution in [0.3, 0.4) is 0 Å². The molecule has 0 saturated carbocycles. The van der Waals surface area contributed by atoms with Crippen LogP contribution >= 0.6 is 0 Å². The Morgan fingerprint density at radius 3 is 2.85 bits per heavy atom. The molecule has 0 radical (unpaired) electrons. The summed E-state index contributed by atoms with van der Waals surface area (Å²) in [5.41, 5.74) is 4.70. The molecule has 5 nitrogen and oxygen atoms in total. The molecule has 1 fully saturated rings. The molecule has 2 aliphatic rings. The number of amides is 1. The highest BCUT2D eigenvalue weighted by molar-refractivity contribution is 6.16. The number of fused-ring (bicyclic) bond motifs is 1. The largest absolute Gasteiger partial charge is 0.356 e. The van der Waals surface area contributed by atoms with E-state index in [1.165, 1.54) is 0 Å². The Morgan fingerprint density at radius 1 is 1.15 bits per heavy atom. The number of nitrogens with one attached hydrogen (secondary N) is 1. The predicted octanol–water partition coefficient (Wildman–Crippen LogP) is 2.92. The molecule has 1 N–H and O–H groups in total. The molecule has 2 aromatic rings. The third kappa shape index (κ3) is 3.29. The van der Waals surface area contributed by atoms with E-state index in [2.05, 4.69) is 15.3 Å². The van der Waals surface area contributed by atoms with E-state index in [4.69, 9.17) is 0 Å². The smallest absolute Gasteiger partial charge is 0.223 e. The fourth-order valence-corrected chi connectivity index (χ4v) is 3.65. The van der Waals surface area contributed by atoms with Gasteiger partial charge in [0.25, 0.3) is 0 Å². The average molecular weight is 347 g/mol. The van der Waals surface area contributed by atoms with Gasteiger partial charge in [0.2, 0.25) is 5.91 Å². The van der Waals surface area contributed by atoms with E-state index < -0.39 is 0 Å². The van der Waals surface area contributed by atoms with Crippen molar-refractivity contribution in [2.75, 3.05) is 6.54 Å². The average Bonchev–Trinajstić information content (AvgIpc) is 3.00. The summed E-state index contributed by atoms with van der Waals surface area (Å²) in [5, 5.41) is 2.91. The van der Waals surface area contributed by atoms with Crippen molar-refractivity contribution in [1.82, 2.24) is 10.3 Å². The molecular formula is C21H21N3O2. The predicted molar refractivity (Wildman–Crippen MR) is 99.3 cm³/mol. The Labute approximate surface area is 152 Å². The first-order chi connectivity index (χ1) is 12.7. The summed E-state index contributed by atoms with van der Waals surface area (Å²) in [5.74, 6) is -0.182. The number of pyridine rings is 1. The van der Waals surface area contributed by atoms with Crippen LogP contribution in [0.2, 0.25) is 0 Å². The van der Waals surface area contributed by atoms with Gasteiger partial charge in [-0.1, -0.05) is 18.6 Å². The monoisotopic (exact) mass is 347 g/mol. The van der Waals surface area contributed by atoms with E-state index in [0.717, 1.165) is 41.7 Å². The minimum absolute atomic E-state index is 0.0102. The van der Waals surface area contributed by atoms with Crippen LogP contribution in [0.1, 0.15) is 52.7 Å². The number of benzene rings is 1. The van der Waals surface area contributed by atoms with Crippen LogP contribution in [0.25, 0.3) is 0 Å². The van der Waals surface area contributed by atoms with Crippen LogP contribution < -0.4 is 5.32 Å². The van der Waals surface area contributed by atoms with Gasteiger partial charge in [-0.05, 0) is 36.6 Å². The lowest BCUT2D eigenvalue weighted by atomic mass is 9.91. The molecule has 4 rings (SSSR count). The quantitative estimate of drug-likeness (QED) is 0.865. The summed E-state index contributed by atoms with van der Waals surface area (Å²) in [6.45, 7) is 1.35. The number of aliphatic imine (C=N–C) groups is 1. The molecular weight excluding hydrogens is 326 g/mol. The third-order valence-corrected chi connectivity index (χ3v) is 5.13. The van der Waals surface area contributed by atoms with Gasteiger partial charge in [0.05, 0.1) is 12.3 Å². The Balaban J connectivity index is 1.56. The first-order valence-electron chi connectivity index (χ1n) is 9.11. The van der Waals surface area contributed by atoms with Gasteiger partial charge in [0.1, 0.15) is 0 Å². The van der Waals surface area contributed by atoms with E-state index in [1.54, 1.807) is 12.4 Å². The first kappa shape index (κ1) is 16.6. The van der Waals surface area contributed by atoms with E-state index in [9.17, 15) is 9.59 Å². The van der Waals surface area contributed by atoms with Crippen molar-refractivity contribution >= 4 is 17.4 Å². The SMILES string of the molecule is O=C(CC1CCCCNC1=O)c1ccc2c(c1)C(c1ccncc1)=NC2. The minimum atomic E-state index is -0.216. The third-order valence-electron chi connectivity index (χ3n) is 5.13. The zero-order chi connectivity index (χ0) is 17.9. The molecule has 1 atom stereocenters. The van der Waals surface area contributed by atoms with Crippen LogP contribution in [-0.2, 0) is 11.3 Å². The highest BCUT2D eigenvalue weighted by atomic mass is 16.2. The van der Waals surface area contributed by atoms with Crippen LogP contribution in [0, 0.1) is 5.92 Å². The van der Waals surface area contributed by atoms with Crippen molar-refractivity contribution in [3.05, 3.63) is 65.0 Å². The number of Topliss-reactive ketones (excluding diaryl/α,β-unsaturated/α-hetero) is 1. The lowest BCUT2D eigenvalue weighted by Crippen LogP contribution is -2.30. The van der Waals surface area contributed by atoms with Gasteiger partial charge in [-0.15, -0.1) is 0 Å². The van der Waals surface area contributed by atoms with Gasteiger partial charge < -0.3 is 5.32 Å². The normalized spacial score (nSPS) is 19.3. The molecule has 3 heterocycles. The molecule has 0 bridgehead atoms. The van der Waals surface area contributed by atoms with Gasteiger partial charge in [-0.3, -0.25) is 19.6 Å². The van der Waals surface area contributed by atoms with E-state index >= 15 is 0 Å². The molecule has 2 aliphatic heterocycles. The second-order valence-electron chi connectivity index (χ2n) is 6.88. The second-order valence-corrected chi connectivity index (χ2v) is 6.88. The first-order valence-corrected chi connectivity index (χ1v) is 9.11. The maximum absolute atomic E-state index is 12.8. The van der Waals surface area contributed by atoms with E-state index in [1.807, 2.05) is 30.3 Å².